The Hall–Kier alpha value is -0.500. The Morgan fingerprint density at radius 2 is 2.10 bits per heavy atom. The summed E-state index contributed by atoms with van der Waals surface area (Å²) < 4.78 is 28.2. The van der Waals surface area contributed by atoms with E-state index >= 15 is 0 Å². The van der Waals surface area contributed by atoms with Gasteiger partial charge in [0.15, 0.2) is 0 Å². The summed E-state index contributed by atoms with van der Waals surface area (Å²) in [5, 5.41) is 0. The molecule has 1 aromatic rings. The number of hydrogen-bond donors (Lipinski definition) is 2. The molecule has 0 radical (unpaired) electrons. The number of hydrogen-bond acceptors (Lipinski definition) is 4. The van der Waals surface area contributed by atoms with Gasteiger partial charge in [0.2, 0.25) is 10.0 Å². The first-order chi connectivity index (χ1) is 9.94. The molecule has 0 saturated heterocycles. The van der Waals surface area contributed by atoms with Crippen molar-refractivity contribution < 1.29 is 8.42 Å². The van der Waals surface area contributed by atoms with E-state index < -0.39 is 10.0 Å². The zero-order chi connectivity index (χ0) is 15.5. The number of nitrogens with one attached hydrogen (secondary N) is 1. The zero-order valence-electron chi connectivity index (χ0n) is 12.2. The lowest BCUT2D eigenvalue weighted by molar-refractivity contribution is 0.285. The van der Waals surface area contributed by atoms with E-state index in [9.17, 15) is 8.42 Å². The number of nitrogens with two attached hydrogens (primary N) is 1. The Kier molecular flexibility index (Phi) is 5.76. The molecule has 4 nitrogen and oxygen atoms in total. The van der Waals surface area contributed by atoms with Gasteiger partial charge in [0.05, 0.1) is 4.88 Å². The molecule has 1 atom stereocenters. The molecular formula is C14H22N2O2S3. The summed E-state index contributed by atoms with van der Waals surface area (Å²) in [6.07, 6.45) is 6.72. The summed E-state index contributed by atoms with van der Waals surface area (Å²) in [6, 6.07) is 3.27. The zero-order valence-corrected chi connectivity index (χ0v) is 14.6. The molecule has 3 N–H and O–H groups in total. The minimum atomic E-state index is -3.48. The van der Waals surface area contributed by atoms with E-state index in [-0.39, 0.29) is 11.0 Å². The molecule has 1 aromatic heterocycles. The summed E-state index contributed by atoms with van der Waals surface area (Å²) >= 11 is 6.01. The molecule has 0 amide bonds. The van der Waals surface area contributed by atoms with E-state index in [4.69, 9.17) is 18.0 Å². The van der Waals surface area contributed by atoms with Crippen molar-refractivity contribution in [2.45, 2.75) is 55.7 Å². The monoisotopic (exact) mass is 346 g/mol. The first kappa shape index (κ1) is 16.9. The van der Waals surface area contributed by atoms with Gasteiger partial charge in [0, 0.05) is 6.04 Å². The van der Waals surface area contributed by atoms with Crippen molar-refractivity contribution in [2.75, 3.05) is 0 Å². The van der Waals surface area contributed by atoms with Crippen molar-refractivity contribution in [1.29, 1.82) is 0 Å². The average Bonchev–Trinajstić information content (AvgIpc) is 2.96. The number of thiophene rings is 1. The van der Waals surface area contributed by atoms with Crippen LogP contribution in [0.1, 0.15) is 50.3 Å². The fraction of sp³-hybridized carbons (Fsp3) is 0.643. The normalized spacial score (nSPS) is 18.5. The number of thiocarbonyl (C=S) groups is 1. The number of rotatable bonds is 6. The highest BCUT2D eigenvalue weighted by atomic mass is 32.2. The van der Waals surface area contributed by atoms with Gasteiger partial charge in [-0.25, -0.2) is 13.1 Å². The van der Waals surface area contributed by atoms with Crippen molar-refractivity contribution in [1.82, 2.24) is 4.72 Å². The molecule has 1 aliphatic rings. The van der Waals surface area contributed by atoms with Gasteiger partial charge in [0.25, 0.3) is 0 Å². The van der Waals surface area contributed by atoms with Crippen LogP contribution in [0.4, 0.5) is 0 Å². The third-order valence-corrected chi connectivity index (χ3v) is 7.50. The largest absolute Gasteiger partial charge is 0.389 e. The molecule has 1 heterocycles. The number of sulfonamides is 1. The van der Waals surface area contributed by atoms with Crippen LogP contribution in [0.25, 0.3) is 0 Å². The molecule has 1 fully saturated rings. The molecular weight excluding hydrogens is 324 g/mol. The molecule has 0 bridgehead atoms. The van der Waals surface area contributed by atoms with Crippen LogP contribution in [-0.2, 0) is 10.0 Å². The van der Waals surface area contributed by atoms with E-state index in [1.165, 1.54) is 19.3 Å². The molecule has 1 aliphatic carbocycles. The molecule has 118 valence electrons. The lowest BCUT2D eigenvalue weighted by Crippen LogP contribution is -2.40. The standard InChI is InChI=1S/C14H22N2O2S3/c1-2-11(10-6-4-3-5-7-10)16-21(17,18)13-9-8-12(20-13)14(15)19/h8-11,16H,2-7H2,1H3,(H2,15,19). The van der Waals surface area contributed by atoms with Crippen LogP contribution >= 0.6 is 23.6 Å². The maximum absolute atomic E-state index is 12.5. The first-order valence-electron chi connectivity index (χ1n) is 7.36. The third kappa shape index (κ3) is 4.25. The van der Waals surface area contributed by atoms with Crippen molar-refractivity contribution in [3.05, 3.63) is 17.0 Å². The van der Waals surface area contributed by atoms with Crippen molar-refractivity contribution in [3.8, 4) is 0 Å². The maximum Gasteiger partial charge on any atom is 0.250 e. The third-order valence-electron chi connectivity index (χ3n) is 4.05. The van der Waals surface area contributed by atoms with Gasteiger partial charge in [-0.3, -0.25) is 0 Å². The quantitative estimate of drug-likeness (QED) is 0.777. The van der Waals surface area contributed by atoms with Gasteiger partial charge < -0.3 is 5.73 Å². The fourth-order valence-corrected chi connectivity index (χ4v) is 5.66. The first-order valence-corrected chi connectivity index (χ1v) is 10.1. The Morgan fingerprint density at radius 3 is 2.62 bits per heavy atom. The van der Waals surface area contributed by atoms with Crippen LogP contribution in [0.5, 0.6) is 0 Å². The highest BCUT2D eigenvalue weighted by molar-refractivity contribution is 7.91. The second-order valence-corrected chi connectivity index (χ2v) is 8.98. The average molecular weight is 347 g/mol. The summed E-state index contributed by atoms with van der Waals surface area (Å²) in [7, 11) is -3.48. The van der Waals surface area contributed by atoms with Crippen LogP contribution in [-0.4, -0.2) is 19.4 Å². The van der Waals surface area contributed by atoms with Crippen LogP contribution in [0.3, 0.4) is 0 Å². The second kappa shape index (κ2) is 7.17. The molecule has 0 aromatic carbocycles. The minimum Gasteiger partial charge on any atom is -0.389 e. The van der Waals surface area contributed by atoms with E-state index in [1.807, 2.05) is 6.92 Å². The SMILES string of the molecule is CCC(NS(=O)(=O)c1ccc(C(N)=S)s1)C1CCCCC1. The predicted molar refractivity (Wildman–Crippen MR) is 91.2 cm³/mol. The Bertz CT molecular complexity index is 589. The highest BCUT2D eigenvalue weighted by Crippen LogP contribution is 2.29. The van der Waals surface area contributed by atoms with E-state index in [0.717, 1.165) is 30.6 Å². The molecule has 21 heavy (non-hydrogen) atoms. The summed E-state index contributed by atoms with van der Waals surface area (Å²) in [5.74, 6) is 0.452. The fourth-order valence-electron chi connectivity index (χ4n) is 2.90. The van der Waals surface area contributed by atoms with E-state index in [0.29, 0.717) is 15.0 Å². The molecule has 2 rings (SSSR count). The maximum atomic E-state index is 12.5. The van der Waals surface area contributed by atoms with Gasteiger partial charge in [-0.05, 0) is 37.3 Å². The molecule has 0 spiro atoms. The highest BCUT2D eigenvalue weighted by Gasteiger charge is 2.28. The summed E-state index contributed by atoms with van der Waals surface area (Å²) in [4.78, 5) is 0.872. The second-order valence-electron chi connectivity index (χ2n) is 5.52. The van der Waals surface area contributed by atoms with Crippen LogP contribution in [0.15, 0.2) is 16.3 Å². The van der Waals surface area contributed by atoms with Gasteiger partial charge in [0.1, 0.15) is 9.20 Å². The smallest absolute Gasteiger partial charge is 0.250 e. The molecule has 1 unspecified atom stereocenters. The molecule has 7 heteroatoms. The summed E-state index contributed by atoms with van der Waals surface area (Å²) in [5.41, 5.74) is 5.54. The minimum absolute atomic E-state index is 0.0191. The molecule has 1 saturated carbocycles. The predicted octanol–water partition coefficient (Wildman–Crippen LogP) is 3.02. The Balaban J connectivity index is 2.12. The van der Waals surface area contributed by atoms with Crippen molar-refractivity contribution in [3.63, 3.8) is 0 Å². The van der Waals surface area contributed by atoms with E-state index in [2.05, 4.69) is 4.72 Å². The lowest BCUT2D eigenvalue weighted by atomic mass is 9.83. The topological polar surface area (TPSA) is 72.2 Å². The van der Waals surface area contributed by atoms with Gasteiger partial charge in [-0.15, -0.1) is 11.3 Å². The van der Waals surface area contributed by atoms with Crippen molar-refractivity contribution in [2.24, 2.45) is 11.7 Å². The van der Waals surface area contributed by atoms with Crippen LogP contribution in [0, 0.1) is 5.92 Å². The van der Waals surface area contributed by atoms with Crippen LogP contribution < -0.4 is 10.5 Å². The van der Waals surface area contributed by atoms with Gasteiger partial charge >= 0.3 is 0 Å². The Morgan fingerprint density at radius 1 is 1.43 bits per heavy atom. The van der Waals surface area contributed by atoms with Crippen molar-refractivity contribution >= 4 is 38.6 Å². The van der Waals surface area contributed by atoms with E-state index in [1.54, 1.807) is 12.1 Å². The summed E-state index contributed by atoms with van der Waals surface area (Å²) in [6.45, 7) is 2.04. The van der Waals surface area contributed by atoms with Gasteiger partial charge in [-0.1, -0.05) is 38.4 Å². The lowest BCUT2D eigenvalue weighted by Gasteiger charge is -2.29. The molecule has 0 aliphatic heterocycles. The van der Waals surface area contributed by atoms with Crippen LogP contribution in [0.2, 0.25) is 0 Å². The Labute approximate surface area is 136 Å². The van der Waals surface area contributed by atoms with Gasteiger partial charge in [-0.2, -0.15) is 0 Å².